The number of amides is 2. The predicted molar refractivity (Wildman–Crippen MR) is 72.3 cm³/mol. The Kier molecular flexibility index (Phi) is 4.01. The van der Waals surface area contributed by atoms with E-state index < -0.39 is 11.5 Å². The minimum atomic E-state index is -1.08. The van der Waals surface area contributed by atoms with Gasteiger partial charge in [-0.2, -0.15) is 0 Å². The van der Waals surface area contributed by atoms with Crippen molar-refractivity contribution < 1.29 is 19.1 Å². The second-order valence-corrected chi connectivity index (χ2v) is 5.13. The molecule has 0 saturated carbocycles. The Balaban J connectivity index is 2.10. The van der Waals surface area contributed by atoms with Crippen LogP contribution in [0.15, 0.2) is 22.8 Å². The number of likely N-dealkylation sites (tertiary alicyclic amines) is 1. The zero-order valence-electron chi connectivity index (χ0n) is 11.8. The number of furan rings is 1. The highest BCUT2D eigenvalue weighted by Gasteiger charge is 2.48. The number of nitrogens with one attached hydrogen (secondary N) is 1. The Morgan fingerprint density at radius 1 is 1.60 bits per heavy atom. The zero-order chi connectivity index (χ0) is 14.8. The summed E-state index contributed by atoms with van der Waals surface area (Å²) in [6.45, 7) is 4.08. The molecule has 1 aliphatic heterocycles. The number of carbonyl (C=O) groups excluding carboxylic acids is 1. The van der Waals surface area contributed by atoms with E-state index in [1.165, 1.54) is 4.90 Å². The zero-order valence-corrected chi connectivity index (χ0v) is 11.8. The molecule has 0 bridgehead atoms. The van der Waals surface area contributed by atoms with Crippen LogP contribution in [0.5, 0.6) is 0 Å². The molecule has 1 fully saturated rings. The second-order valence-electron chi connectivity index (χ2n) is 5.13. The number of aliphatic carboxylic acids is 1. The van der Waals surface area contributed by atoms with Crippen molar-refractivity contribution in [2.75, 3.05) is 6.54 Å². The summed E-state index contributed by atoms with van der Waals surface area (Å²) in [6.07, 6.45) is 3.16. The smallest absolute Gasteiger partial charge is 0.329 e. The van der Waals surface area contributed by atoms with Gasteiger partial charge in [0.2, 0.25) is 0 Å². The van der Waals surface area contributed by atoms with Crippen molar-refractivity contribution >= 4 is 12.0 Å². The van der Waals surface area contributed by atoms with Crippen LogP contribution in [0.2, 0.25) is 0 Å². The maximum absolute atomic E-state index is 12.3. The van der Waals surface area contributed by atoms with Crippen LogP contribution < -0.4 is 5.32 Å². The van der Waals surface area contributed by atoms with Gasteiger partial charge < -0.3 is 19.7 Å². The molecule has 2 atom stereocenters. The first kappa shape index (κ1) is 14.4. The number of nitrogens with zero attached hydrogens (tertiary/aromatic N) is 1. The van der Waals surface area contributed by atoms with Crippen LogP contribution in [0.3, 0.4) is 0 Å². The second kappa shape index (κ2) is 5.56. The third kappa shape index (κ3) is 2.37. The standard InChI is InChI=1S/C14H20N2O4/c1-3-14(12(17)18)7-5-8-16(14)13(19)15-10(2)11-6-4-9-20-11/h4,6,9-10H,3,5,7-8H2,1-2H3,(H,15,19)(H,17,18). The van der Waals surface area contributed by atoms with Gasteiger partial charge in [0.25, 0.3) is 0 Å². The molecular weight excluding hydrogens is 260 g/mol. The monoisotopic (exact) mass is 280 g/mol. The van der Waals surface area contributed by atoms with Gasteiger partial charge in [0, 0.05) is 6.54 Å². The van der Waals surface area contributed by atoms with Crippen molar-refractivity contribution in [1.29, 1.82) is 0 Å². The molecule has 2 amide bonds. The van der Waals surface area contributed by atoms with Gasteiger partial charge in [-0.3, -0.25) is 0 Å². The van der Waals surface area contributed by atoms with E-state index in [-0.39, 0.29) is 12.1 Å². The number of rotatable bonds is 4. The summed E-state index contributed by atoms with van der Waals surface area (Å²) >= 11 is 0. The first-order chi connectivity index (χ1) is 9.51. The van der Waals surface area contributed by atoms with E-state index in [0.717, 1.165) is 0 Å². The number of hydrogen-bond acceptors (Lipinski definition) is 3. The van der Waals surface area contributed by atoms with Gasteiger partial charge in [0.15, 0.2) is 0 Å². The quantitative estimate of drug-likeness (QED) is 0.887. The Bertz CT molecular complexity index is 485. The van der Waals surface area contributed by atoms with E-state index in [1.807, 2.05) is 0 Å². The van der Waals surface area contributed by atoms with Gasteiger partial charge in [0.1, 0.15) is 11.3 Å². The van der Waals surface area contributed by atoms with Crippen LogP contribution in [-0.4, -0.2) is 34.1 Å². The summed E-state index contributed by atoms with van der Waals surface area (Å²) in [5.41, 5.74) is -1.08. The summed E-state index contributed by atoms with van der Waals surface area (Å²) in [7, 11) is 0. The average molecular weight is 280 g/mol. The SMILES string of the molecule is CCC1(C(=O)O)CCCN1C(=O)NC(C)c1ccco1. The minimum Gasteiger partial charge on any atom is -0.479 e. The van der Waals surface area contributed by atoms with Gasteiger partial charge in [-0.15, -0.1) is 0 Å². The number of carboxylic acid groups (broad SMARTS) is 1. The molecule has 1 saturated heterocycles. The Morgan fingerprint density at radius 2 is 2.35 bits per heavy atom. The number of carbonyl (C=O) groups is 2. The molecule has 1 aromatic rings. The fourth-order valence-electron chi connectivity index (χ4n) is 2.79. The summed E-state index contributed by atoms with van der Waals surface area (Å²) in [5, 5.41) is 12.3. The maximum atomic E-state index is 12.3. The van der Waals surface area contributed by atoms with Gasteiger partial charge in [-0.25, -0.2) is 9.59 Å². The van der Waals surface area contributed by atoms with E-state index in [2.05, 4.69) is 5.32 Å². The largest absolute Gasteiger partial charge is 0.479 e. The van der Waals surface area contributed by atoms with Gasteiger partial charge >= 0.3 is 12.0 Å². The van der Waals surface area contributed by atoms with Crippen molar-refractivity contribution in [2.45, 2.75) is 44.7 Å². The Labute approximate surface area is 117 Å². The molecule has 6 nitrogen and oxygen atoms in total. The van der Waals surface area contributed by atoms with Crippen molar-refractivity contribution in [3.63, 3.8) is 0 Å². The topological polar surface area (TPSA) is 82.8 Å². The van der Waals surface area contributed by atoms with E-state index in [4.69, 9.17) is 4.42 Å². The lowest BCUT2D eigenvalue weighted by Gasteiger charge is -2.34. The van der Waals surface area contributed by atoms with E-state index in [0.29, 0.717) is 31.6 Å². The van der Waals surface area contributed by atoms with Crippen molar-refractivity contribution in [2.24, 2.45) is 0 Å². The van der Waals surface area contributed by atoms with Gasteiger partial charge in [-0.1, -0.05) is 6.92 Å². The van der Waals surface area contributed by atoms with Crippen LogP contribution in [0.1, 0.15) is 44.9 Å². The molecule has 0 aliphatic carbocycles. The average Bonchev–Trinajstić information content (AvgIpc) is 3.08. The molecule has 0 radical (unpaired) electrons. The fourth-order valence-corrected chi connectivity index (χ4v) is 2.79. The minimum absolute atomic E-state index is 0.290. The van der Waals surface area contributed by atoms with Crippen LogP contribution in [0.4, 0.5) is 4.79 Å². The molecule has 1 aliphatic rings. The molecular formula is C14H20N2O4. The van der Waals surface area contributed by atoms with Crippen molar-refractivity contribution in [1.82, 2.24) is 10.2 Å². The number of carboxylic acids is 1. The van der Waals surface area contributed by atoms with Crippen molar-refractivity contribution in [3.05, 3.63) is 24.2 Å². The summed E-state index contributed by atoms with van der Waals surface area (Å²) in [4.78, 5) is 25.3. The lowest BCUT2D eigenvalue weighted by molar-refractivity contribution is -0.148. The number of hydrogen-bond donors (Lipinski definition) is 2. The molecule has 2 heterocycles. The highest BCUT2D eigenvalue weighted by atomic mass is 16.4. The van der Waals surface area contributed by atoms with Crippen LogP contribution in [0.25, 0.3) is 0 Å². The summed E-state index contributed by atoms with van der Waals surface area (Å²) in [6, 6.07) is 2.89. The molecule has 6 heteroatoms. The molecule has 2 N–H and O–H groups in total. The van der Waals surface area contributed by atoms with Gasteiger partial charge in [0.05, 0.1) is 12.3 Å². The Hall–Kier alpha value is -1.98. The fraction of sp³-hybridized carbons (Fsp3) is 0.571. The molecule has 1 aromatic heterocycles. The molecule has 2 rings (SSSR count). The molecule has 2 unspecified atom stereocenters. The lowest BCUT2D eigenvalue weighted by Crippen LogP contribution is -2.55. The Morgan fingerprint density at radius 3 is 2.90 bits per heavy atom. The normalized spacial score (nSPS) is 23.6. The maximum Gasteiger partial charge on any atom is 0.329 e. The van der Waals surface area contributed by atoms with Crippen molar-refractivity contribution in [3.8, 4) is 0 Å². The highest BCUT2D eigenvalue weighted by Crippen LogP contribution is 2.33. The highest BCUT2D eigenvalue weighted by molar-refractivity contribution is 5.87. The summed E-state index contributed by atoms with van der Waals surface area (Å²) in [5.74, 6) is -0.284. The van der Waals surface area contributed by atoms with Crippen LogP contribution in [0, 0.1) is 0 Å². The van der Waals surface area contributed by atoms with E-state index >= 15 is 0 Å². The first-order valence-electron chi connectivity index (χ1n) is 6.86. The van der Waals surface area contributed by atoms with Crippen LogP contribution >= 0.6 is 0 Å². The van der Waals surface area contributed by atoms with E-state index in [9.17, 15) is 14.7 Å². The first-order valence-corrected chi connectivity index (χ1v) is 6.86. The van der Waals surface area contributed by atoms with Gasteiger partial charge in [-0.05, 0) is 38.3 Å². The third-order valence-corrected chi connectivity index (χ3v) is 4.03. The number of urea groups is 1. The molecule has 20 heavy (non-hydrogen) atoms. The lowest BCUT2D eigenvalue weighted by atomic mass is 9.93. The van der Waals surface area contributed by atoms with E-state index in [1.54, 1.807) is 32.2 Å². The predicted octanol–water partition coefficient (Wildman–Crippen LogP) is 2.38. The molecule has 110 valence electrons. The molecule has 0 spiro atoms. The van der Waals surface area contributed by atoms with Crippen LogP contribution in [-0.2, 0) is 4.79 Å². The molecule has 0 aromatic carbocycles. The summed E-state index contributed by atoms with van der Waals surface area (Å²) < 4.78 is 5.24. The third-order valence-electron chi connectivity index (χ3n) is 4.03.